The van der Waals surface area contributed by atoms with Gasteiger partial charge in [-0.05, 0) is 32.4 Å². The standard InChI is InChI=1S/C15H20N2O2/c1-4-5-10-13-16-11-8-6-7-9-12(11)17(13)15(2,3)14(18)19/h6-9H,4-5,10H2,1-3H3,(H,18,19). The van der Waals surface area contributed by atoms with Crippen molar-refractivity contribution >= 4 is 17.0 Å². The molecule has 0 bridgehead atoms. The fourth-order valence-electron chi connectivity index (χ4n) is 2.30. The van der Waals surface area contributed by atoms with Gasteiger partial charge in [0.25, 0.3) is 0 Å². The molecule has 0 aliphatic carbocycles. The Morgan fingerprint density at radius 2 is 2.05 bits per heavy atom. The third-order valence-electron chi connectivity index (χ3n) is 3.47. The van der Waals surface area contributed by atoms with E-state index in [0.29, 0.717) is 0 Å². The number of hydrogen-bond acceptors (Lipinski definition) is 2. The number of aliphatic carboxylic acids is 1. The summed E-state index contributed by atoms with van der Waals surface area (Å²) in [5, 5.41) is 9.47. The summed E-state index contributed by atoms with van der Waals surface area (Å²) in [6.07, 6.45) is 2.89. The molecule has 0 radical (unpaired) electrons. The number of carbonyl (C=O) groups is 1. The molecule has 1 N–H and O–H groups in total. The maximum absolute atomic E-state index is 11.5. The van der Waals surface area contributed by atoms with Crippen molar-refractivity contribution < 1.29 is 9.90 Å². The van der Waals surface area contributed by atoms with Crippen molar-refractivity contribution in [2.75, 3.05) is 0 Å². The number of para-hydroxylation sites is 2. The summed E-state index contributed by atoms with van der Waals surface area (Å²) in [4.78, 5) is 16.1. The first-order valence-electron chi connectivity index (χ1n) is 6.68. The molecule has 4 nitrogen and oxygen atoms in total. The average Bonchev–Trinajstić information content (AvgIpc) is 2.74. The molecule has 0 atom stereocenters. The zero-order chi connectivity index (χ0) is 14.0. The van der Waals surface area contributed by atoms with E-state index in [1.54, 1.807) is 13.8 Å². The monoisotopic (exact) mass is 260 g/mol. The van der Waals surface area contributed by atoms with Crippen molar-refractivity contribution in [3.63, 3.8) is 0 Å². The normalized spacial score (nSPS) is 11.9. The van der Waals surface area contributed by atoms with Crippen LogP contribution in [0.15, 0.2) is 24.3 Å². The highest BCUT2D eigenvalue weighted by atomic mass is 16.4. The van der Waals surface area contributed by atoms with E-state index in [1.165, 1.54) is 0 Å². The molecule has 0 fully saturated rings. The second kappa shape index (κ2) is 5.03. The van der Waals surface area contributed by atoms with E-state index < -0.39 is 11.5 Å². The lowest BCUT2D eigenvalue weighted by molar-refractivity contribution is -0.145. The Labute approximate surface area is 113 Å². The van der Waals surface area contributed by atoms with Gasteiger partial charge in [0.1, 0.15) is 11.4 Å². The highest BCUT2D eigenvalue weighted by molar-refractivity contribution is 5.82. The van der Waals surface area contributed by atoms with Crippen LogP contribution >= 0.6 is 0 Å². The molecule has 0 aliphatic rings. The number of hydrogen-bond donors (Lipinski definition) is 1. The number of benzene rings is 1. The Balaban J connectivity index is 2.63. The second-order valence-electron chi connectivity index (χ2n) is 5.32. The summed E-state index contributed by atoms with van der Waals surface area (Å²) in [5.41, 5.74) is 0.767. The van der Waals surface area contributed by atoms with E-state index in [1.807, 2.05) is 28.8 Å². The largest absolute Gasteiger partial charge is 0.480 e. The third-order valence-corrected chi connectivity index (χ3v) is 3.47. The molecular weight excluding hydrogens is 240 g/mol. The number of aryl methyl sites for hydroxylation is 1. The van der Waals surface area contributed by atoms with Crippen LogP contribution in [0.4, 0.5) is 0 Å². The van der Waals surface area contributed by atoms with Crippen molar-refractivity contribution in [3.05, 3.63) is 30.1 Å². The van der Waals surface area contributed by atoms with Crippen LogP contribution < -0.4 is 0 Å². The third kappa shape index (κ3) is 2.35. The van der Waals surface area contributed by atoms with E-state index >= 15 is 0 Å². The van der Waals surface area contributed by atoms with Crippen LogP contribution in [0.2, 0.25) is 0 Å². The first-order valence-corrected chi connectivity index (χ1v) is 6.68. The zero-order valence-corrected chi connectivity index (χ0v) is 11.7. The number of unbranched alkanes of at least 4 members (excludes halogenated alkanes) is 1. The molecule has 102 valence electrons. The molecule has 1 aromatic heterocycles. The van der Waals surface area contributed by atoms with Crippen molar-refractivity contribution in [2.24, 2.45) is 0 Å². The van der Waals surface area contributed by atoms with Gasteiger partial charge in [0.2, 0.25) is 0 Å². The summed E-state index contributed by atoms with van der Waals surface area (Å²) in [6, 6.07) is 7.71. The Bertz CT molecular complexity index is 599. The molecule has 2 rings (SSSR count). The predicted octanol–water partition coefficient (Wildman–Crippen LogP) is 3.20. The Morgan fingerprint density at radius 1 is 1.37 bits per heavy atom. The molecule has 1 heterocycles. The van der Waals surface area contributed by atoms with Crippen LogP contribution in [0.3, 0.4) is 0 Å². The minimum absolute atomic E-state index is 0.807. The van der Waals surface area contributed by atoms with Gasteiger partial charge in [-0.3, -0.25) is 0 Å². The van der Waals surface area contributed by atoms with Gasteiger partial charge in [-0.1, -0.05) is 25.5 Å². The van der Waals surface area contributed by atoms with E-state index in [4.69, 9.17) is 0 Å². The molecule has 1 aromatic carbocycles. The molecule has 0 amide bonds. The summed E-state index contributed by atoms with van der Waals surface area (Å²) in [5.74, 6) is 0.0175. The number of carboxylic acids is 1. The number of rotatable bonds is 5. The number of fused-ring (bicyclic) bond motifs is 1. The lowest BCUT2D eigenvalue weighted by Crippen LogP contribution is -2.36. The van der Waals surface area contributed by atoms with Crippen LogP contribution in [-0.4, -0.2) is 20.6 Å². The van der Waals surface area contributed by atoms with E-state index in [9.17, 15) is 9.90 Å². The van der Waals surface area contributed by atoms with Crippen LogP contribution in [0.5, 0.6) is 0 Å². The maximum atomic E-state index is 11.5. The van der Waals surface area contributed by atoms with Crippen LogP contribution in [0, 0.1) is 0 Å². The van der Waals surface area contributed by atoms with Gasteiger partial charge < -0.3 is 9.67 Å². The Hall–Kier alpha value is -1.84. The van der Waals surface area contributed by atoms with Gasteiger partial charge in [0, 0.05) is 6.42 Å². The van der Waals surface area contributed by atoms with E-state index in [2.05, 4.69) is 11.9 Å². The number of imidazole rings is 1. The fraction of sp³-hybridized carbons (Fsp3) is 0.467. The predicted molar refractivity (Wildman–Crippen MR) is 75.3 cm³/mol. The SMILES string of the molecule is CCCCc1nc2ccccc2n1C(C)(C)C(=O)O. The average molecular weight is 260 g/mol. The van der Waals surface area contributed by atoms with Gasteiger partial charge >= 0.3 is 5.97 Å². The first-order chi connectivity index (χ1) is 8.98. The van der Waals surface area contributed by atoms with Gasteiger partial charge in [-0.25, -0.2) is 9.78 Å². The number of carboxylic acid groups (broad SMARTS) is 1. The summed E-state index contributed by atoms with van der Waals surface area (Å²) in [6.45, 7) is 5.56. The Morgan fingerprint density at radius 3 is 2.68 bits per heavy atom. The Kier molecular flexibility index (Phi) is 3.60. The van der Waals surface area contributed by atoms with Crippen LogP contribution in [-0.2, 0) is 16.8 Å². The van der Waals surface area contributed by atoms with Gasteiger partial charge in [0.15, 0.2) is 0 Å². The molecule has 0 aliphatic heterocycles. The number of aromatic nitrogens is 2. The first kappa shape index (κ1) is 13.6. The number of nitrogens with zero attached hydrogens (tertiary/aromatic N) is 2. The molecule has 19 heavy (non-hydrogen) atoms. The lowest BCUT2D eigenvalue weighted by Gasteiger charge is -2.24. The zero-order valence-electron chi connectivity index (χ0n) is 11.7. The van der Waals surface area contributed by atoms with Gasteiger partial charge in [-0.15, -0.1) is 0 Å². The van der Waals surface area contributed by atoms with Gasteiger partial charge in [0.05, 0.1) is 11.0 Å². The minimum atomic E-state index is -0.987. The van der Waals surface area contributed by atoms with Crippen LogP contribution in [0.25, 0.3) is 11.0 Å². The summed E-state index contributed by atoms with van der Waals surface area (Å²) in [7, 11) is 0. The quantitative estimate of drug-likeness (QED) is 0.898. The smallest absolute Gasteiger partial charge is 0.329 e. The molecule has 4 heteroatoms. The minimum Gasteiger partial charge on any atom is -0.480 e. The topological polar surface area (TPSA) is 55.1 Å². The summed E-state index contributed by atoms with van der Waals surface area (Å²) < 4.78 is 1.86. The van der Waals surface area contributed by atoms with Crippen molar-refractivity contribution in [1.29, 1.82) is 0 Å². The van der Waals surface area contributed by atoms with Crippen molar-refractivity contribution in [1.82, 2.24) is 9.55 Å². The molecule has 0 saturated carbocycles. The molecule has 0 saturated heterocycles. The molecular formula is C15H20N2O2. The van der Waals surface area contributed by atoms with Gasteiger partial charge in [-0.2, -0.15) is 0 Å². The van der Waals surface area contributed by atoms with Crippen molar-refractivity contribution in [2.45, 2.75) is 45.6 Å². The summed E-state index contributed by atoms with van der Waals surface area (Å²) >= 11 is 0. The highest BCUT2D eigenvalue weighted by Crippen LogP contribution is 2.26. The maximum Gasteiger partial charge on any atom is 0.329 e. The second-order valence-corrected chi connectivity index (χ2v) is 5.32. The van der Waals surface area contributed by atoms with Crippen LogP contribution in [0.1, 0.15) is 39.4 Å². The molecule has 0 unspecified atom stereocenters. The lowest BCUT2D eigenvalue weighted by atomic mass is 10.0. The van der Waals surface area contributed by atoms with E-state index in [0.717, 1.165) is 36.1 Å². The van der Waals surface area contributed by atoms with E-state index in [-0.39, 0.29) is 0 Å². The molecule has 0 spiro atoms. The fourth-order valence-corrected chi connectivity index (χ4v) is 2.30. The highest BCUT2D eigenvalue weighted by Gasteiger charge is 2.33. The molecule has 2 aromatic rings. The van der Waals surface area contributed by atoms with Crippen molar-refractivity contribution in [3.8, 4) is 0 Å².